The molecule has 0 aliphatic carbocycles. The lowest BCUT2D eigenvalue weighted by atomic mass is 10.0. The van der Waals surface area contributed by atoms with Crippen LogP contribution in [0.5, 0.6) is 0 Å². The van der Waals surface area contributed by atoms with Gasteiger partial charge in [0.15, 0.2) is 0 Å². The molecule has 0 unspecified atom stereocenters. The van der Waals surface area contributed by atoms with Gasteiger partial charge in [-0.15, -0.1) is 0 Å². The lowest BCUT2D eigenvalue weighted by Gasteiger charge is -2.02. The topological polar surface area (TPSA) is 69.2 Å². The summed E-state index contributed by atoms with van der Waals surface area (Å²) in [4.78, 5) is 10.1. The zero-order valence-electron chi connectivity index (χ0n) is 9.17. The molecule has 4 nitrogen and oxygen atoms in total. The zero-order chi connectivity index (χ0) is 12.3. The molecule has 0 amide bonds. The van der Waals surface area contributed by atoms with Crippen molar-refractivity contribution in [3.8, 4) is 11.1 Å². The van der Waals surface area contributed by atoms with Crippen LogP contribution in [0.3, 0.4) is 0 Å². The van der Waals surface area contributed by atoms with Crippen LogP contribution in [0, 0.1) is 10.1 Å². The molecule has 2 aromatic rings. The van der Waals surface area contributed by atoms with Crippen molar-refractivity contribution in [2.75, 3.05) is 0 Å². The van der Waals surface area contributed by atoms with Crippen molar-refractivity contribution in [2.45, 2.75) is 6.54 Å². The normalized spacial score (nSPS) is 10.2. The molecule has 0 aromatic heterocycles. The highest BCUT2D eigenvalue weighted by molar-refractivity contribution is 5.64. The van der Waals surface area contributed by atoms with E-state index < -0.39 is 4.92 Å². The Morgan fingerprint density at radius 1 is 0.941 bits per heavy atom. The van der Waals surface area contributed by atoms with E-state index in [-0.39, 0.29) is 5.69 Å². The van der Waals surface area contributed by atoms with E-state index in [9.17, 15) is 10.1 Å². The fourth-order valence-electron chi connectivity index (χ4n) is 1.61. The fraction of sp³-hybridized carbons (Fsp3) is 0.0769. The Labute approximate surface area is 98.8 Å². The van der Waals surface area contributed by atoms with E-state index in [4.69, 9.17) is 5.73 Å². The predicted octanol–water partition coefficient (Wildman–Crippen LogP) is 2.72. The van der Waals surface area contributed by atoms with Crippen LogP contribution in [0.15, 0.2) is 48.5 Å². The molecule has 0 aliphatic rings. The number of nitro groups is 1. The van der Waals surface area contributed by atoms with Crippen LogP contribution in [-0.4, -0.2) is 4.92 Å². The molecule has 0 spiro atoms. The summed E-state index contributed by atoms with van der Waals surface area (Å²) in [6.07, 6.45) is 0. The van der Waals surface area contributed by atoms with E-state index in [1.165, 1.54) is 12.1 Å². The lowest BCUT2D eigenvalue weighted by molar-refractivity contribution is -0.384. The first-order chi connectivity index (χ1) is 8.20. The van der Waals surface area contributed by atoms with Gasteiger partial charge in [-0.2, -0.15) is 0 Å². The molecule has 0 aliphatic heterocycles. The summed E-state index contributed by atoms with van der Waals surface area (Å²) in [5, 5.41) is 10.5. The molecular formula is C13H12N2O2. The highest BCUT2D eigenvalue weighted by atomic mass is 16.6. The van der Waals surface area contributed by atoms with Gasteiger partial charge in [-0.1, -0.05) is 24.3 Å². The Morgan fingerprint density at radius 2 is 1.41 bits per heavy atom. The van der Waals surface area contributed by atoms with Gasteiger partial charge in [-0.05, 0) is 28.8 Å². The molecule has 0 radical (unpaired) electrons. The van der Waals surface area contributed by atoms with E-state index in [0.717, 1.165) is 16.7 Å². The van der Waals surface area contributed by atoms with Crippen LogP contribution in [0.25, 0.3) is 11.1 Å². The molecule has 0 atom stereocenters. The molecule has 0 bridgehead atoms. The largest absolute Gasteiger partial charge is 0.326 e. The van der Waals surface area contributed by atoms with Crippen molar-refractivity contribution in [3.63, 3.8) is 0 Å². The maximum Gasteiger partial charge on any atom is 0.269 e. The highest BCUT2D eigenvalue weighted by Crippen LogP contribution is 2.22. The number of benzene rings is 2. The molecule has 0 heterocycles. The number of rotatable bonds is 3. The third-order valence-electron chi connectivity index (χ3n) is 2.60. The second-order valence-electron chi connectivity index (χ2n) is 3.71. The van der Waals surface area contributed by atoms with Gasteiger partial charge in [0.05, 0.1) is 4.92 Å². The Hall–Kier alpha value is -2.20. The molecular weight excluding hydrogens is 216 g/mol. The SMILES string of the molecule is NCc1ccc(-c2ccc([N+](=O)[O-])cc2)cc1. The van der Waals surface area contributed by atoms with Gasteiger partial charge >= 0.3 is 0 Å². The third-order valence-corrected chi connectivity index (χ3v) is 2.60. The minimum atomic E-state index is -0.401. The maximum absolute atomic E-state index is 10.5. The number of non-ortho nitro benzene ring substituents is 1. The van der Waals surface area contributed by atoms with Gasteiger partial charge in [0.25, 0.3) is 5.69 Å². The molecule has 86 valence electrons. The average Bonchev–Trinajstić information content (AvgIpc) is 2.39. The smallest absolute Gasteiger partial charge is 0.269 e. The molecule has 2 aromatic carbocycles. The molecule has 2 rings (SSSR count). The Kier molecular flexibility index (Phi) is 3.16. The van der Waals surface area contributed by atoms with Gasteiger partial charge in [0.2, 0.25) is 0 Å². The Morgan fingerprint density at radius 3 is 1.82 bits per heavy atom. The zero-order valence-corrected chi connectivity index (χ0v) is 9.17. The van der Waals surface area contributed by atoms with Crippen molar-refractivity contribution in [1.29, 1.82) is 0 Å². The van der Waals surface area contributed by atoms with Gasteiger partial charge < -0.3 is 5.73 Å². The summed E-state index contributed by atoms with van der Waals surface area (Å²) in [7, 11) is 0. The summed E-state index contributed by atoms with van der Waals surface area (Å²) in [5.74, 6) is 0. The Bertz CT molecular complexity index is 518. The van der Waals surface area contributed by atoms with Crippen LogP contribution in [0.4, 0.5) is 5.69 Å². The maximum atomic E-state index is 10.5. The van der Waals surface area contributed by atoms with Gasteiger partial charge in [0, 0.05) is 18.7 Å². The van der Waals surface area contributed by atoms with E-state index in [1.807, 2.05) is 24.3 Å². The van der Waals surface area contributed by atoms with Crippen LogP contribution >= 0.6 is 0 Å². The summed E-state index contributed by atoms with van der Waals surface area (Å²) in [5.41, 5.74) is 8.67. The molecule has 17 heavy (non-hydrogen) atoms. The Balaban J connectivity index is 2.29. The average molecular weight is 228 g/mol. The minimum absolute atomic E-state index is 0.104. The minimum Gasteiger partial charge on any atom is -0.326 e. The summed E-state index contributed by atoms with van der Waals surface area (Å²) in [6, 6.07) is 14.3. The number of hydrogen-bond acceptors (Lipinski definition) is 3. The number of nitrogens with two attached hydrogens (primary N) is 1. The standard InChI is InChI=1S/C13H12N2O2/c14-9-10-1-3-11(4-2-10)12-5-7-13(8-6-12)15(16)17/h1-8H,9,14H2. The first-order valence-electron chi connectivity index (χ1n) is 5.24. The number of nitro benzene ring substituents is 1. The molecule has 0 fully saturated rings. The molecule has 4 heteroatoms. The molecule has 2 N–H and O–H groups in total. The van der Waals surface area contributed by atoms with Crippen molar-refractivity contribution in [3.05, 3.63) is 64.2 Å². The number of hydrogen-bond donors (Lipinski definition) is 1. The van der Waals surface area contributed by atoms with E-state index in [2.05, 4.69) is 0 Å². The van der Waals surface area contributed by atoms with Crippen molar-refractivity contribution >= 4 is 5.69 Å². The van der Waals surface area contributed by atoms with Gasteiger partial charge in [-0.25, -0.2) is 0 Å². The van der Waals surface area contributed by atoms with E-state index in [1.54, 1.807) is 12.1 Å². The van der Waals surface area contributed by atoms with Crippen LogP contribution in [0.2, 0.25) is 0 Å². The van der Waals surface area contributed by atoms with Crippen LogP contribution < -0.4 is 5.73 Å². The third kappa shape index (κ3) is 2.49. The number of nitrogens with zero attached hydrogens (tertiary/aromatic N) is 1. The second-order valence-corrected chi connectivity index (χ2v) is 3.71. The van der Waals surface area contributed by atoms with Crippen molar-refractivity contribution in [2.24, 2.45) is 5.73 Å². The highest BCUT2D eigenvalue weighted by Gasteiger charge is 2.04. The monoisotopic (exact) mass is 228 g/mol. The van der Waals surface area contributed by atoms with E-state index >= 15 is 0 Å². The first-order valence-corrected chi connectivity index (χ1v) is 5.24. The molecule has 0 saturated heterocycles. The lowest BCUT2D eigenvalue weighted by Crippen LogP contribution is -1.95. The quantitative estimate of drug-likeness (QED) is 0.648. The van der Waals surface area contributed by atoms with Gasteiger partial charge in [0.1, 0.15) is 0 Å². The van der Waals surface area contributed by atoms with E-state index in [0.29, 0.717) is 6.54 Å². The van der Waals surface area contributed by atoms with Crippen LogP contribution in [0.1, 0.15) is 5.56 Å². The van der Waals surface area contributed by atoms with Crippen LogP contribution in [-0.2, 0) is 6.54 Å². The molecule has 0 saturated carbocycles. The first kappa shape index (κ1) is 11.3. The fourth-order valence-corrected chi connectivity index (χ4v) is 1.61. The summed E-state index contributed by atoms with van der Waals surface area (Å²) >= 11 is 0. The van der Waals surface area contributed by atoms with Crippen molar-refractivity contribution < 1.29 is 4.92 Å². The summed E-state index contributed by atoms with van der Waals surface area (Å²) < 4.78 is 0. The second kappa shape index (κ2) is 4.76. The predicted molar refractivity (Wildman–Crippen MR) is 66.4 cm³/mol. The summed E-state index contributed by atoms with van der Waals surface area (Å²) in [6.45, 7) is 0.514. The van der Waals surface area contributed by atoms with Gasteiger partial charge in [-0.3, -0.25) is 10.1 Å². The van der Waals surface area contributed by atoms with Crippen molar-refractivity contribution in [1.82, 2.24) is 0 Å².